The first-order chi connectivity index (χ1) is 9.65. The van der Waals surface area contributed by atoms with Crippen molar-refractivity contribution in [3.05, 3.63) is 28.8 Å². The van der Waals surface area contributed by atoms with Gasteiger partial charge in [0, 0.05) is 49.5 Å². The minimum atomic E-state index is 0.239. The molecule has 0 spiro atoms. The molecule has 1 aromatic carbocycles. The molecule has 1 heterocycles. The molecular weight excluding hydrogens is 274 g/mol. The number of hydrogen-bond donors (Lipinski definition) is 2. The number of rotatable bonds is 5. The van der Waals surface area contributed by atoms with Gasteiger partial charge in [0.25, 0.3) is 0 Å². The van der Waals surface area contributed by atoms with Gasteiger partial charge in [0.05, 0.1) is 6.61 Å². The van der Waals surface area contributed by atoms with Crippen molar-refractivity contribution in [1.29, 1.82) is 0 Å². The lowest BCUT2D eigenvalue weighted by Gasteiger charge is -2.36. The topological polar surface area (TPSA) is 38.7 Å². The van der Waals surface area contributed by atoms with E-state index in [1.807, 2.05) is 7.05 Å². The van der Waals surface area contributed by atoms with E-state index in [2.05, 4.69) is 40.2 Å². The van der Waals surface area contributed by atoms with Crippen LogP contribution in [0.5, 0.6) is 0 Å². The summed E-state index contributed by atoms with van der Waals surface area (Å²) in [5.41, 5.74) is 2.32. The van der Waals surface area contributed by atoms with Crippen molar-refractivity contribution in [3.8, 4) is 0 Å². The number of aliphatic hydroxyl groups is 1. The van der Waals surface area contributed by atoms with Crippen LogP contribution >= 0.6 is 11.6 Å². The molecule has 0 aliphatic carbocycles. The smallest absolute Gasteiger partial charge is 0.0558 e. The van der Waals surface area contributed by atoms with Gasteiger partial charge in [-0.1, -0.05) is 17.7 Å². The Kier molecular flexibility index (Phi) is 5.66. The zero-order valence-corrected chi connectivity index (χ0v) is 13.0. The highest BCUT2D eigenvalue weighted by Gasteiger charge is 2.18. The lowest BCUT2D eigenvalue weighted by atomic mass is 10.1. The molecule has 2 N–H and O–H groups in total. The molecule has 0 radical (unpaired) electrons. The summed E-state index contributed by atoms with van der Waals surface area (Å²) >= 11 is 6.39. The summed E-state index contributed by atoms with van der Waals surface area (Å²) < 4.78 is 0. The van der Waals surface area contributed by atoms with Crippen molar-refractivity contribution in [2.75, 3.05) is 51.3 Å². The number of hydrogen-bond acceptors (Lipinski definition) is 4. The van der Waals surface area contributed by atoms with Crippen LogP contribution < -0.4 is 10.2 Å². The molecule has 1 aromatic rings. The van der Waals surface area contributed by atoms with Crippen LogP contribution in [0.4, 0.5) is 5.69 Å². The second-order valence-electron chi connectivity index (χ2n) is 5.27. The Morgan fingerprint density at radius 2 is 2.00 bits per heavy atom. The van der Waals surface area contributed by atoms with Crippen molar-refractivity contribution in [2.45, 2.75) is 13.0 Å². The molecular formula is C15H24ClN3O. The van der Waals surface area contributed by atoms with E-state index in [9.17, 15) is 0 Å². The van der Waals surface area contributed by atoms with Crippen molar-refractivity contribution in [2.24, 2.45) is 0 Å². The van der Waals surface area contributed by atoms with Gasteiger partial charge >= 0.3 is 0 Å². The quantitative estimate of drug-likeness (QED) is 0.868. The number of halogens is 1. The third-order valence-corrected chi connectivity index (χ3v) is 4.36. The summed E-state index contributed by atoms with van der Waals surface area (Å²) in [5.74, 6) is 0. The highest BCUT2D eigenvalue weighted by atomic mass is 35.5. The second kappa shape index (κ2) is 7.27. The molecule has 112 valence electrons. The molecule has 1 unspecified atom stereocenters. The van der Waals surface area contributed by atoms with Gasteiger partial charge in [-0.15, -0.1) is 0 Å². The van der Waals surface area contributed by atoms with E-state index in [-0.39, 0.29) is 12.6 Å². The molecule has 4 nitrogen and oxygen atoms in total. The molecule has 20 heavy (non-hydrogen) atoms. The zero-order chi connectivity index (χ0) is 14.5. The molecule has 0 amide bonds. The molecule has 1 atom stereocenters. The Morgan fingerprint density at radius 1 is 1.30 bits per heavy atom. The summed E-state index contributed by atoms with van der Waals surface area (Å²) in [7, 11) is 1.94. The molecule has 1 fully saturated rings. The Balaban J connectivity index is 2.02. The van der Waals surface area contributed by atoms with Gasteiger partial charge in [0.2, 0.25) is 0 Å². The molecule has 0 aromatic heterocycles. The van der Waals surface area contributed by atoms with E-state index in [4.69, 9.17) is 16.7 Å². The van der Waals surface area contributed by atoms with Crippen LogP contribution in [0.2, 0.25) is 5.02 Å². The molecule has 1 saturated heterocycles. The first-order valence-electron chi connectivity index (χ1n) is 7.20. The predicted octanol–water partition coefficient (Wildman–Crippen LogP) is 1.73. The van der Waals surface area contributed by atoms with Gasteiger partial charge in [0.15, 0.2) is 0 Å². The van der Waals surface area contributed by atoms with Crippen molar-refractivity contribution < 1.29 is 5.11 Å². The summed E-state index contributed by atoms with van der Waals surface area (Å²) in [6.07, 6.45) is 0. The maximum absolute atomic E-state index is 8.97. The number of piperazine rings is 1. The summed E-state index contributed by atoms with van der Waals surface area (Å²) in [4.78, 5) is 4.64. The SMILES string of the molecule is CNC(C)c1ccc(N2CCN(CCO)CC2)cc1Cl. The third kappa shape index (κ3) is 3.64. The molecule has 1 aliphatic rings. The van der Waals surface area contributed by atoms with Crippen LogP contribution in [0.1, 0.15) is 18.5 Å². The predicted molar refractivity (Wildman–Crippen MR) is 84.7 cm³/mol. The van der Waals surface area contributed by atoms with Crippen LogP contribution in [0.25, 0.3) is 0 Å². The fourth-order valence-corrected chi connectivity index (χ4v) is 2.93. The summed E-state index contributed by atoms with van der Waals surface area (Å²) in [5, 5.41) is 13.0. The largest absolute Gasteiger partial charge is 0.395 e. The van der Waals surface area contributed by atoms with E-state index < -0.39 is 0 Å². The normalized spacial score (nSPS) is 18.3. The fraction of sp³-hybridized carbons (Fsp3) is 0.600. The van der Waals surface area contributed by atoms with Crippen LogP contribution in [0.3, 0.4) is 0 Å². The van der Waals surface area contributed by atoms with E-state index in [1.54, 1.807) is 0 Å². The van der Waals surface area contributed by atoms with Crippen LogP contribution in [-0.2, 0) is 0 Å². The minimum Gasteiger partial charge on any atom is -0.395 e. The highest BCUT2D eigenvalue weighted by molar-refractivity contribution is 6.31. The number of nitrogens with one attached hydrogen (secondary N) is 1. The molecule has 1 aliphatic heterocycles. The second-order valence-corrected chi connectivity index (χ2v) is 5.68. The van der Waals surface area contributed by atoms with Crippen molar-refractivity contribution >= 4 is 17.3 Å². The van der Waals surface area contributed by atoms with Gasteiger partial charge < -0.3 is 15.3 Å². The first kappa shape index (κ1) is 15.6. The molecule has 0 saturated carbocycles. The lowest BCUT2D eigenvalue weighted by molar-refractivity contribution is 0.189. The zero-order valence-electron chi connectivity index (χ0n) is 12.3. The van der Waals surface area contributed by atoms with E-state index in [1.165, 1.54) is 5.69 Å². The Bertz CT molecular complexity index is 433. The van der Waals surface area contributed by atoms with Gasteiger partial charge in [0.1, 0.15) is 0 Å². The standard InChI is InChI=1S/C15H24ClN3O/c1-12(17-2)14-4-3-13(11-15(14)16)19-7-5-18(6-8-19)9-10-20/h3-4,11-12,17,20H,5-10H2,1-2H3. The van der Waals surface area contributed by atoms with Crippen LogP contribution in [0.15, 0.2) is 18.2 Å². The number of aliphatic hydroxyl groups excluding tert-OH is 1. The Morgan fingerprint density at radius 3 is 2.55 bits per heavy atom. The number of anilines is 1. The average Bonchev–Trinajstić information content (AvgIpc) is 2.47. The lowest BCUT2D eigenvalue weighted by Crippen LogP contribution is -2.47. The van der Waals surface area contributed by atoms with Gasteiger partial charge in [-0.2, -0.15) is 0 Å². The fourth-order valence-electron chi connectivity index (χ4n) is 2.59. The van der Waals surface area contributed by atoms with E-state index in [0.29, 0.717) is 0 Å². The Labute approximate surface area is 126 Å². The first-order valence-corrected chi connectivity index (χ1v) is 7.58. The minimum absolute atomic E-state index is 0.239. The van der Waals surface area contributed by atoms with E-state index in [0.717, 1.165) is 43.3 Å². The monoisotopic (exact) mass is 297 g/mol. The summed E-state index contributed by atoms with van der Waals surface area (Å²) in [6, 6.07) is 6.58. The molecule has 5 heteroatoms. The number of β-amino-alcohol motifs (C(OH)–C–C–N with tert-alkyl or cyclic N) is 1. The maximum Gasteiger partial charge on any atom is 0.0558 e. The third-order valence-electron chi connectivity index (χ3n) is 4.04. The van der Waals surface area contributed by atoms with Gasteiger partial charge in [-0.25, -0.2) is 0 Å². The molecule has 2 rings (SSSR count). The number of nitrogens with zero attached hydrogens (tertiary/aromatic N) is 2. The highest BCUT2D eigenvalue weighted by Crippen LogP contribution is 2.28. The van der Waals surface area contributed by atoms with E-state index >= 15 is 0 Å². The Hall–Kier alpha value is -0.810. The molecule has 0 bridgehead atoms. The van der Waals surface area contributed by atoms with Crippen LogP contribution in [0, 0.1) is 0 Å². The van der Waals surface area contributed by atoms with Gasteiger partial charge in [-0.05, 0) is 31.7 Å². The number of benzene rings is 1. The van der Waals surface area contributed by atoms with Crippen LogP contribution in [-0.4, -0.2) is 56.4 Å². The average molecular weight is 298 g/mol. The van der Waals surface area contributed by atoms with Crippen molar-refractivity contribution in [1.82, 2.24) is 10.2 Å². The van der Waals surface area contributed by atoms with Crippen molar-refractivity contribution in [3.63, 3.8) is 0 Å². The maximum atomic E-state index is 8.97. The van der Waals surface area contributed by atoms with Gasteiger partial charge in [-0.3, -0.25) is 4.90 Å². The summed E-state index contributed by atoms with van der Waals surface area (Å²) in [6.45, 7) is 7.07.